The molecule has 0 unspecified atom stereocenters. The van der Waals surface area contributed by atoms with Gasteiger partial charge < -0.3 is 13.9 Å². The second-order valence-electron chi connectivity index (χ2n) is 6.81. The number of nitro benzene ring substituents is 1. The predicted octanol–water partition coefficient (Wildman–Crippen LogP) is 4.27. The molecule has 130 valence electrons. The molecule has 2 aromatic carbocycles. The molecule has 0 aliphatic carbocycles. The zero-order valence-corrected chi connectivity index (χ0v) is 14.3. The van der Waals surface area contributed by atoms with Gasteiger partial charge in [0, 0.05) is 53.8 Å². The van der Waals surface area contributed by atoms with Gasteiger partial charge in [-0.25, -0.2) is 0 Å². The average molecular weight is 347 g/mol. The summed E-state index contributed by atoms with van der Waals surface area (Å²) in [4.78, 5) is 12.9. The van der Waals surface area contributed by atoms with Crippen molar-refractivity contribution in [2.24, 2.45) is 0 Å². The van der Waals surface area contributed by atoms with E-state index in [4.69, 9.17) is 4.42 Å². The first-order valence-electron chi connectivity index (χ1n) is 8.59. The van der Waals surface area contributed by atoms with Crippen molar-refractivity contribution in [2.75, 3.05) is 13.6 Å². The molecule has 6 heteroatoms. The molecule has 0 radical (unpaired) electrons. The zero-order chi connectivity index (χ0) is 17.8. The van der Waals surface area contributed by atoms with Crippen LogP contribution < -0.4 is 0 Å². The van der Waals surface area contributed by atoms with Crippen LogP contribution in [0.2, 0.25) is 0 Å². The molecule has 1 aliphatic heterocycles. The molecule has 3 heterocycles. The number of benzene rings is 2. The molecule has 0 atom stereocenters. The lowest BCUT2D eigenvalue weighted by Crippen LogP contribution is -2.27. The molecule has 0 fully saturated rings. The highest BCUT2D eigenvalue weighted by atomic mass is 16.6. The van der Waals surface area contributed by atoms with Crippen molar-refractivity contribution in [2.45, 2.75) is 13.0 Å². The molecule has 6 nitrogen and oxygen atoms in total. The van der Waals surface area contributed by atoms with E-state index in [0.717, 1.165) is 41.7 Å². The van der Waals surface area contributed by atoms with Gasteiger partial charge in [0.1, 0.15) is 5.58 Å². The summed E-state index contributed by atoms with van der Waals surface area (Å²) < 4.78 is 7.85. The standard InChI is InChI=1S/C20H17N3O3/c1-21-10-8-17-16(12-21)20-15-9-11-26-19(15)7-6-18(20)22(17)13-2-4-14(5-3-13)23(24)25/h2-7,9,11H,8,10,12H2,1H3. The van der Waals surface area contributed by atoms with Gasteiger partial charge >= 0.3 is 0 Å². The van der Waals surface area contributed by atoms with Crippen LogP contribution in [0.15, 0.2) is 53.1 Å². The summed E-state index contributed by atoms with van der Waals surface area (Å²) in [7, 11) is 2.13. The van der Waals surface area contributed by atoms with Crippen LogP contribution in [0.1, 0.15) is 11.3 Å². The first-order valence-corrected chi connectivity index (χ1v) is 8.59. The summed E-state index contributed by atoms with van der Waals surface area (Å²) in [6.07, 6.45) is 2.67. The molecule has 0 saturated heterocycles. The minimum absolute atomic E-state index is 0.107. The molecule has 26 heavy (non-hydrogen) atoms. The van der Waals surface area contributed by atoms with Gasteiger partial charge in [0.15, 0.2) is 0 Å². The SMILES string of the molecule is CN1CCc2c(c3c4ccoc4ccc3n2-c2ccc([N+](=O)[O-])cc2)C1. The monoisotopic (exact) mass is 347 g/mol. The Bertz CT molecular complexity index is 1150. The fourth-order valence-corrected chi connectivity index (χ4v) is 4.06. The number of non-ortho nitro benzene ring substituents is 1. The average Bonchev–Trinajstić information content (AvgIpc) is 3.23. The highest BCUT2D eigenvalue weighted by Gasteiger charge is 2.25. The number of hydrogen-bond donors (Lipinski definition) is 0. The topological polar surface area (TPSA) is 64.5 Å². The molecule has 2 aromatic heterocycles. The van der Waals surface area contributed by atoms with E-state index in [0.29, 0.717) is 0 Å². The lowest BCUT2D eigenvalue weighted by molar-refractivity contribution is -0.384. The number of nitrogens with zero attached hydrogens (tertiary/aromatic N) is 3. The Morgan fingerprint density at radius 3 is 2.69 bits per heavy atom. The van der Waals surface area contributed by atoms with Crippen LogP contribution in [-0.2, 0) is 13.0 Å². The third kappa shape index (κ3) is 2.09. The Balaban J connectivity index is 1.83. The van der Waals surface area contributed by atoms with Crippen molar-refractivity contribution < 1.29 is 9.34 Å². The van der Waals surface area contributed by atoms with Crippen LogP contribution in [0.4, 0.5) is 5.69 Å². The third-order valence-electron chi connectivity index (χ3n) is 5.25. The summed E-state index contributed by atoms with van der Waals surface area (Å²) in [5.74, 6) is 0. The summed E-state index contributed by atoms with van der Waals surface area (Å²) in [5.41, 5.74) is 5.66. The normalized spacial score (nSPS) is 14.8. The van der Waals surface area contributed by atoms with E-state index in [2.05, 4.69) is 22.6 Å². The molecule has 4 aromatic rings. The van der Waals surface area contributed by atoms with Crippen LogP contribution >= 0.6 is 0 Å². The number of aromatic nitrogens is 1. The molecule has 0 bridgehead atoms. The quantitative estimate of drug-likeness (QED) is 0.401. The lowest BCUT2D eigenvalue weighted by atomic mass is 10.0. The number of furan rings is 1. The molecular formula is C20H17N3O3. The van der Waals surface area contributed by atoms with Gasteiger partial charge in [0.25, 0.3) is 5.69 Å². The molecule has 0 saturated carbocycles. The molecule has 1 aliphatic rings. The number of fused-ring (bicyclic) bond motifs is 5. The van der Waals surface area contributed by atoms with Gasteiger partial charge in [-0.1, -0.05) is 0 Å². The first-order chi connectivity index (χ1) is 12.6. The summed E-state index contributed by atoms with van der Waals surface area (Å²) in [5, 5.41) is 13.3. The minimum atomic E-state index is -0.364. The zero-order valence-electron chi connectivity index (χ0n) is 14.3. The van der Waals surface area contributed by atoms with Crippen LogP contribution in [0.3, 0.4) is 0 Å². The number of rotatable bonds is 2. The van der Waals surface area contributed by atoms with Crippen molar-refractivity contribution >= 4 is 27.6 Å². The Labute approximate surface area is 149 Å². The van der Waals surface area contributed by atoms with Gasteiger partial charge in [-0.15, -0.1) is 0 Å². The first kappa shape index (κ1) is 15.2. The van der Waals surface area contributed by atoms with E-state index in [9.17, 15) is 10.1 Å². The summed E-state index contributed by atoms with van der Waals surface area (Å²) in [6, 6.07) is 12.9. The molecule has 5 rings (SSSR count). The summed E-state index contributed by atoms with van der Waals surface area (Å²) in [6.45, 7) is 1.88. The molecule has 0 spiro atoms. The van der Waals surface area contributed by atoms with Gasteiger partial charge in [0.05, 0.1) is 16.7 Å². The predicted molar refractivity (Wildman–Crippen MR) is 99.7 cm³/mol. The third-order valence-corrected chi connectivity index (χ3v) is 5.25. The second kappa shape index (κ2) is 5.44. The van der Waals surface area contributed by atoms with E-state index < -0.39 is 0 Å². The van der Waals surface area contributed by atoms with Crippen molar-refractivity contribution in [3.63, 3.8) is 0 Å². The van der Waals surface area contributed by atoms with E-state index in [1.807, 2.05) is 24.3 Å². The molecule has 0 amide bonds. The maximum absolute atomic E-state index is 11.0. The maximum atomic E-state index is 11.0. The van der Waals surface area contributed by atoms with Crippen molar-refractivity contribution in [3.05, 3.63) is 70.1 Å². The van der Waals surface area contributed by atoms with E-state index in [-0.39, 0.29) is 10.6 Å². The van der Waals surface area contributed by atoms with Crippen molar-refractivity contribution in [1.82, 2.24) is 9.47 Å². The smallest absolute Gasteiger partial charge is 0.269 e. The fourth-order valence-electron chi connectivity index (χ4n) is 4.06. The highest BCUT2D eigenvalue weighted by Crippen LogP contribution is 2.38. The number of likely N-dealkylation sites (N-methyl/N-ethyl adjacent to an activating group) is 1. The van der Waals surface area contributed by atoms with Gasteiger partial charge in [-0.2, -0.15) is 0 Å². The molecule has 0 N–H and O–H groups in total. The summed E-state index contributed by atoms with van der Waals surface area (Å²) >= 11 is 0. The minimum Gasteiger partial charge on any atom is -0.464 e. The van der Waals surface area contributed by atoms with Crippen LogP contribution in [-0.4, -0.2) is 28.0 Å². The number of hydrogen-bond acceptors (Lipinski definition) is 4. The van der Waals surface area contributed by atoms with Gasteiger partial charge in [-0.3, -0.25) is 10.1 Å². The Morgan fingerprint density at radius 2 is 1.92 bits per heavy atom. The lowest BCUT2D eigenvalue weighted by Gasteiger charge is -2.24. The molecular weight excluding hydrogens is 330 g/mol. The van der Waals surface area contributed by atoms with Crippen LogP contribution in [0.5, 0.6) is 0 Å². The van der Waals surface area contributed by atoms with Gasteiger partial charge in [0.2, 0.25) is 0 Å². The van der Waals surface area contributed by atoms with Gasteiger partial charge in [-0.05, 0) is 42.9 Å². The number of nitro groups is 1. The van der Waals surface area contributed by atoms with E-state index in [1.165, 1.54) is 16.6 Å². The van der Waals surface area contributed by atoms with Crippen molar-refractivity contribution in [1.29, 1.82) is 0 Å². The van der Waals surface area contributed by atoms with E-state index in [1.54, 1.807) is 18.4 Å². The van der Waals surface area contributed by atoms with Crippen molar-refractivity contribution in [3.8, 4) is 5.69 Å². The fraction of sp³-hybridized carbons (Fsp3) is 0.200. The maximum Gasteiger partial charge on any atom is 0.269 e. The van der Waals surface area contributed by atoms with Crippen LogP contribution in [0.25, 0.3) is 27.6 Å². The largest absolute Gasteiger partial charge is 0.464 e. The second-order valence-corrected chi connectivity index (χ2v) is 6.81. The van der Waals surface area contributed by atoms with E-state index >= 15 is 0 Å². The highest BCUT2D eigenvalue weighted by molar-refractivity contribution is 6.08. The Kier molecular flexibility index (Phi) is 3.17. The Hall–Kier alpha value is -3.12. The Morgan fingerprint density at radius 1 is 1.12 bits per heavy atom. The van der Waals surface area contributed by atoms with Crippen LogP contribution in [0, 0.1) is 10.1 Å².